The van der Waals surface area contributed by atoms with Crippen LogP contribution in [0.15, 0.2) is 54.7 Å². The molecular formula is C21H21N3O3. The molecule has 2 N–H and O–H groups in total. The summed E-state index contributed by atoms with van der Waals surface area (Å²) in [6.07, 6.45) is 1.81. The van der Waals surface area contributed by atoms with Gasteiger partial charge in [-0.1, -0.05) is 30.3 Å². The van der Waals surface area contributed by atoms with Crippen LogP contribution in [0.5, 0.6) is 5.75 Å². The largest absolute Gasteiger partial charge is 0.484 e. The van der Waals surface area contributed by atoms with E-state index in [1.807, 2.05) is 62.4 Å². The molecule has 27 heavy (non-hydrogen) atoms. The Morgan fingerprint density at radius 1 is 0.963 bits per heavy atom. The molecule has 6 heteroatoms. The Kier molecular flexibility index (Phi) is 5.66. The van der Waals surface area contributed by atoms with Crippen molar-refractivity contribution in [3.63, 3.8) is 0 Å². The highest BCUT2D eigenvalue weighted by atomic mass is 16.5. The van der Waals surface area contributed by atoms with Crippen molar-refractivity contribution in [3.05, 3.63) is 71.4 Å². The maximum atomic E-state index is 12.1. The van der Waals surface area contributed by atoms with E-state index in [0.29, 0.717) is 5.75 Å². The summed E-state index contributed by atoms with van der Waals surface area (Å²) in [7, 11) is 0. The summed E-state index contributed by atoms with van der Waals surface area (Å²) < 4.78 is 5.46. The average Bonchev–Trinajstić information content (AvgIpc) is 2.64. The van der Waals surface area contributed by atoms with Gasteiger partial charge in [-0.3, -0.25) is 25.4 Å². The Bertz CT molecular complexity index is 960. The third-order valence-corrected chi connectivity index (χ3v) is 3.97. The number of hydrogen-bond donors (Lipinski definition) is 2. The molecule has 0 saturated heterocycles. The predicted octanol–water partition coefficient (Wildman–Crippen LogP) is 2.62. The van der Waals surface area contributed by atoms with Crippen molar-refractivity contribution in [3.8, 4) is 5.75 Å². The van der Waals surface area contributed by atoms with Crippen molar-refractivity contribution >= 4 is 22.7 Å². The SMILES string of the molecule is Cc1cc(C)cc(OCC(=O)NNC(=O)Cc2cccc3cccnc23)c1. The van der Waals surface area contributed by atoms with Crippen LogP contribution in [0.1, 0.15) is 16.7 Å². The van der Waals surface area contributed by atoms with Crippen LogP contribution in [-0.2, 0) is 16.0 Å². The van der Waals surface area contributed by atoms with E-state index in [-0.39, 0.29) is 18.9 Å². The third-order valence-electron chi connectivity index (χ3n) is 3.97. The molecule has 2 amide bonds. The second-order valence-corrected chi connectivity index (χ2v) is 6.38. The van der Waals surface area contributed by atoms with Crippen molar-refractivity contribution in [1.29, 1.82) is 0 Å². The van der Waals surface area contributed by atoms with E-state index >= 15 is 0 Å². The van der Waals surface area contributed by atoms with Gasteiger partial charge in [0.15, 0.2) is 6.61 Å². The van der Waals surface area contributed by atoms with E-state index in [0.717, 1.165) is 27.6 Å². The number of rotatable bonds is 5. The zero-order valence-corrected chi connectivity index (χ0v) is 15.3. The van der Waals surface area contributed by atoms with Crippen molar-refractivity contribution in [2.45, 2.75) is 20.3 Å². The molecule has 2 aromatic carbocycles. The van der Waals surface area contributed by atoms with Gasteiger partial charge in [0, 0.05) is 11.6 Å². The highest BCUT2D eigenvalue weighted by molar-refractivity contribution is 5.88. The first-order valence-electron chi connectivity index (χ1n) is 8.62. The van der Waals surface area contributed by atoms with Gasteiger partial charge < -0.3 is 4.74 Å². The number of aromatic nitrogens is 1. The minimum absolute atomic E-state index is 0.118. The number of fused-ring (bicyclic) bond motifs is 1. The first kappa shape index (κ1) is 18.4. The number of para-hydroxylation sites is 1. The third kappa shape index (κ3) is 5.04. The first-order chi connectivity index (χ1) is 13.0. The number of carbonyl (C=O) groups is 2. The zero-order valence-electron chi connectivity index (χ0n) is 15.3. The molecule has 0 aliphatic heterocycles. The molecule has 0 bridgehead atoms. The molecule has 1 aromatic heterocycles. The molecule has 1 heterocycles. The van der Waals surface area contributed by atoms with Crippen LogP contribution in [0.2, 0.25) is 0 Å². The summed E-state index contributed by atoms with van der Waals surface area (Å²) in [5.74, 6) is -0.137. The number of hydrazine groups is 1. The van der Waals surface area contributed by atoms with Gasteiger partial charge in [-0.2, -0.15) is 0 Å². The summed E-state index contributed by atoms with van der Waals surface area (Å²) in [4.78, 5) is 28.3. The van der Waals surface area contributed by atoms with Crippen LogP contribution in [-0.4, -0.2) is 23.4 Å². The summed E-state index contributed by atoms with van der Waals surface area (Å²) in [6.45, 7) is 3.74. The van der Waals surface area contributed by atoms with Crippen molar-refractivity contribution in [1.82, 2.24) is 15.8 Å². The molecule has 0 spiro atoms. The molecule has 3 aromatic rings. The van der Waals surface area contributed by atoms with E-state index in [9.17, 15) is 9.59 Å². The lowest BCUT2D eigenvalue weighted by Gasteiger charge is -2.10. The molecule has 0 atom stereocenters. The van der Waals surface area contributed by atoms with Gasteiger partial charge in [-0.25, -0.2) is 0 Å². The minimum atomic E-state index is -0.432. The van der Waals surface area contributed by atoms with Crippen LogP contribution < -0.4 is 15.6 Å². The Labute approximate surface area is 157 Å². The molecular weight excluding hydrogens is 342 g/mol. The molecule has 138 valence electrons. The number of amides is 2. The molecule has 0 unspecified atom stereocenters. The Balaban J connectivity index is 1.50. The number of pyridine rings is 1. The second kappa shape index (κ2) is 8.31. The lowest BCUT2D eigenvalue weighted by atomic mass is 10.1. The van der Waals surface area contributed by atoms with E-state index in [1.54, 1.807) is 6.20 Å². The number of benzene rings is 2. The highest BCUT2D eigenvalue weighted by Gasteiger charge is 2.09. The summed E-state index contributed by atoms with van der Waals surface area (Å²) in [6, 6.07) is 15.2. The maximum absolute atomic E-state index is 12.1. The standard InChI is InChI=1S/C21H21N3O3/c1-14-9-15(2)11-18(10-14)27-13-20(26)24-23-19(25)12-17-6-3-5-16-7-4-8-22-21(16)17/h3-11H,12-13H2,1-2H3,(H,23,25)(H,24,26). The van der Waals surface area contributed by atoms with Gasteiger partial charge in [0.05, 0.1) is 11.9 Å². The Morgan fingerprint density at radius 3 is 2.44 bits per heavy atom. The van der Waals surface area contributed by atoms with Crippen LogP contribution in [0, 0.1) is 13.8 Å². The molecule has 0 saturated carbocycles. The van der Waals surface area contributed by atoms with Crippen LogP contribution >= 0.6 is 0 Å². The van der Waals surface area contributed by atoms with Crippen LogP contribution in [0.4, 0.5) is 0 Å². The van der Waals surface area contributed by atoms with Crippen LogP contribution in [0.25, 0.3) is 10.9 Å². The van der Waals surface area contributed by atoms with E-state index in [4.69, 9.17) is 4.74 Å². The quantitative estimate of drug-likeness (QED) is 0.683. The van der Waals surface area contributed by atoms with Gasteiger partial charge in [0.25, 0.3) is 5.91 Å². The van der Waals surface area contributed by atoms with Crippen molar-refractivity contribution in [2.24, 2.45) is 0 Å². The number of hydrogen-bond acceptors (Lipinski definition) is 4. The second-order valence-electron chi connectivity index (χ2n) is 6.38. The van der Waals surface area contributed by atoms with Crippen molar-refractivity contribution < 1.29 is 14.3 Å². The number of nitrogens with zero attached hydrogens (tertiary/aromatic N) is 1. The summed E-state index contributed by atoms with van der Waals surface area (Å²) in [5.41, 5.74) is 8.47. The maximum Gasteiger partial charge on any atom is 0.276 e. The lowest BCUT2D eigenvalue weighted by Crippen LogP contribution is -2.44. The molecule has 0 aliphatic carbocycles. The fourth-order valence-corrected chi connectivity index (χ4v) is 2.87. The zero-order chi connectivity index (χ0) is 19.2. The monoisotopic (exact) mass is 363 g/mol. The van der Waals surface area contributed by atoms with Gasteiger partial charge >= 0.3 is 0 Å². The number of carbonyl (C=O) groups excluding carboxylic acids is 2. The fourth-order valence-electron chi connectivity index (χ4n) is 2.87. The van der Waals surface area contributed by atoms with Crippen LogP contribution in [0.3, 0.4) is 0 Å². The number of nitrogens with one attached hydrogen (secondary N) is 2. The smallest absolute Gasteiger partial charge is 0.276 e. The molecule has 6 nitrogen and oxygen atoms in total. The Morgan fingerprint density at radius 2 is 1.67 bits per heavy atom. The minimum Gasteiger partial charge on any atom is -0.484 e. The number of aryl methyl sites for hydroxylation is 2. The fraction of sp³-hybridized carbons (Fsp3) is 0.190. The van der Waals surface area contributed by atoms with Gasteiger partial charge in [0.1, 0.15) is 5.75 Å². The molecule has 0 aliphatic rings. The van der Waals surface area contributed by atoms with Crippen molar-refractivity contribution in [2.75, 3.05) is 6.61 Å². The van der Waals surface area contributed by atoms with E-state index < -0.39 is 5.91 Å². The summed E-state index contributed by atoms with van der Waals surface area (Å²) >= 11 is 0. The topological polar surface area (TPSA) is 80.3 Å². The molecule has 3 rings (SSSR count). The van der Waals surface area contributed by atoms with E-state index in [1.165, 1.54) is 0 Å². The van der Waals surface area contributed by atoms with Gasteiger partial charge in [0.2, 0.25) is 5.91 Å². The normalized spacial score (nSPS) is 10.4. The summed E-state index contributed by atoms with van der Waals surface area (Å²) in [5, 5.41) is 0.966. The predicted molar refractivity (Wildman–Crippen MR) is 103 cm³/mol. The van der Waals surface area contributed by atoms with Gasteiger partial charge in [-0.15, -0.1) is 0 Å². The average molecular weight is 363 g/mol. The molecule has 0 fully saturated rings. The lowest BCUT2D eigenvalue weighted by molar-refractivity contribution is -0.129. The number of ether oxygens (including phenoxy) is 1. The highest BCUT2D eigenvalue weighted by Crippen LogP contribution is 2.17. The van der Waals surface area contributed by atoms with Gasteiger partial charge in [-0.05, 0) is 48.7 Å². The Hall–Kier alpha value is -3.41. The first-order valence-corrected chi connectivity index (χ1v) is 8.62. The van der Waals surface area contributed by atoms with E-state index in [2.05, 4.69) is 15.8 Å². The molecule has 0 radical (unpaired) electrons.